The van der Waals surface area contributed by atoms with E-state index in [1.165, 1.54) is 0 Å². The first kappa shape index (κ1) is 15.3. The summed E-state index contributed by atoms with van der Waals surface area (Å²) in [5.74, 6) is 0.470. The average molecular weight is 317 g/mol. The third-order valence-corrected chi connectivity index (χ3v) is 4.93. The number of sulfonamides is 1. The number of piperidine rings is 1. The van der Waals surface area contributed by atoms with E-state index < -0.39 is 10.0 Å². The number of alkyl halides is 1. The second-order valence-corrected chi connectivity index (χ2v) is 6.84. The molecule has 20 heavy (non-hydrogen) atoms. The average Bonchev–Trinajstić information content (AvgIpc) is 2.42. The summed E-state index contributed by atoms with van der Waals surface area (Å²) in [6.07, 6.45) is 1.58. The number of hydrogen-bond acceptors (Lipinski definition) is 3. The molecular formula is C13H17ClN2O3S. The second-order valence-electron chi connectivity index (χ2n) is 4.74. The molecule has 0 aromatic heterocycles. The highest BCUT2D eigenvalue weighted by atomic mass is 35.5. The summed E-state index contributed by atoms with van der Waals surface area (Å²) >= 11 is 5.64. The largest absolute Gasteiger partial charge is 0.355 e. The summed E-state index contributed by atoms with van der Waals surface area (Å²) < 4.78 is 27.0. The van der Waals surface area contributed by atoms with Crippen LogP contribution in [0.25, 0.3) is 0 Å². The smallest absolute Gasteiger partial charge is 0.240 e. The molecule has 1 fully saturated rings. The van der Waals surface area contributed by atoms with Crippen LogP contribution in [0.2, 0.25) is 0 Å². The van der Waals surface area contributed by atoms with Crippen molar-refractivity contribution in [1.29, 1.82) is 0 Å². The van der Waals surface area contributed by atoms with Crippen LogP contribution in [0.15, 0.2) is 29.2 Å². The Hall–Kier alpha value is -1.11. The summed E-state index contributed by atoms with van der Waals surface area (Å²) in [7, 11) is -3.54. The number of carbonyl (C=O) groups is 1. The number of benzene rings is 1. The molecule has 1 aromatic carbocycles. The van der Waals surface area contributed by atoms with E-state index in [4.69, 9.17) is 11.6 Å². The van der Waals surface area contributed by atoms with Crippen LogP contribution in [0.1, 0.15) is 18.4 Å². The number of hydrogen-bond donors (Lipinski definition) is 2. The molecule has 0 bridgehead atoms. The van der Waals surface area contributed by atoms with Gasteiger partial charge in [0.25, 0.3) is 0 Å². The molecule has 0 saturated carbocycles. The SMILES string of the molecule is O=C1CCC(NS(=O)(=O)c2ccc(CCCl)cc2)CN1. The van der Waals surface area contributed by atoms with E-state index in [1.54, 1.807) is 24.3 Å². The number of amides is 1. The molecule has 0 spiro atoms. The molecule has 0 aliphatic carbocycles. The van der Waals surface area contributed by atoms with Gasteiger partial charge in [0.1, 0.15) is 0 Å². The topological polar surface area (TPSA) is 75.3 Å². The lowest BCUT2D eigenvalue weighted by Gasteiger charge is -2.23. The van der Waals surface area contributed by atoms with Gasteiger partial charge in [-0.2, -0.15) is 0 Å². The number of carbonyl (C=O) groups excluding carboxylic acids is 1. The molecule has 0 radical (unpaired) electrons. The van der Waals surface area contributed by atoms with Crippen LogP contribution in [0.3, 0.4) is 0 Å². The molecule has 1 heterocycles. The third kappa shape index (κ3) is 3.94. The van der Waals surface area contributed by atoms with Crippen LogP contribution < -0.4 is 10.0 Å². The number of nitrogens with one attached hydrogen (secondary N) is 2. The van der Waals surface area contributed by atoms with E-state index in [1.807, 2.05) is 0 Å². The van der Waals surface area contributed by atoms with Gasteiger partial charge in [-0.3, -0.25) is 4.79 Å². The molecule has 1 amide bonds. The highest BCUT2D eigenvalue weighted by Gasteiger charge is 2.23. The van der Waals surface area contributed by atoms with E-state index in [0.29, 0.717) is 31.7 Å². The maximum Gasteiger partial charge on any atom is 0.240 e. The van der Waals surface area contributed by atoms with Crippen molar-refractivity contribution in [1.82, 2.24) is 10.0 Å². The van der Waals surface area contributed by atoms with E-state index in [-0.39, 0.29) is 16.8 Å². The highest BCUT2D eigenvalue weighted by molar-refractivity contribution is 7.89. The Labute approximate surface area is 123 Å². The highest BCUT2D eigenvalue weighted by Crippen LogP contribution is 2.13. The molecule has 7 heteroatoms. The van der Waals surface area contributed by atoms with Gasteiger partial charge >= 0.3 is 0 Å². The van der Waals surface area contributed by atoms with Crippen LogP contribution in [0.4, 0.5) is 0 Å². The molecule has 2 rings (SSSR count). The Balaban J connectivity index is 2.04. The van der Waals surface area contributed by atoms with Crippen molar-refractivity contribution < 1.29 is 13.2 Å². The first-order valence-corrected chi connectivity index (χ1v) is 8.47. The molecule has 1 aromatic rings. The van der Waals surface area contributed by atoms with Gasteiger partial charge in [0.2, 0.25) is 15.9 Å². The molecule has 1 unspecified atom stereocenters. The quantitative estimate of drug-likeness (QED) is 0.797. The van der Waals surface area contributed by atoms with Gasteiger partial charge in [0.05, 0.1) is 4.90 Å². The predicted octanol–water partition coefficient (Wildman–Crippen LogP) is 1.02. The fourth-order valence-electron chi connectivity index (χ4n) is 2.07. The zero-order chi connectivity index (χ0) is 14.6. The zero-order valence-electron chi connectivity index (χ0n) is 10.9. The predicted molar refractivity (Wildman–Crippen MR) is 77.2 cm³/mol. The number of aryl methyl sites for hydroxylation is 1. The van der Waals surface area contributed by atoms with Crippen molar-refractivity contribution in [3.05, 3.63) is 29.8 Å². The van der Waals surface area contributed by atoms with E-state index in [2.05, 4.69) is 10.0 Å². The first-order chi connectivity index (χ1) is 9.51. The molecule has 110 valence electrons. The minimum Gasteiger partial charge on any atom is -0.355 e. The van der Waals surface area contributed by atoms with Crippen LogP contribution in [0.5, 0.6) is 0 Å². The Morgan fingerprint density at radius 1 is 1.30 bits per heavy atom. The lowest BCUT2D eigenvalue weighted by atomic mass is 10.1. The van der Waals surface area contributed by atoms with E-state index in [0.717, 1.165) is 5.56 Å². The second kappa shape index (κ2) is 6.56. The molecule has 5 nitrogen and oxygen atoms in total. The Kier molecular flexibility index (Phi) is 5.01. The normalized spacial score (nSPS) is 19.6. The summed E-state index contributed by atoms with van der Waals surface area (Å²) in [6, 6.07) is 6.43. The molecule has 1 saturated heterocycles. The van der Waals surface area contributed by atoms with Gasteiger partial charge < -0.3 is 5.32 Å². The van der Waals surface area contributed by atoms with Crippen molar-refractivity contribution in [3.8, 4) is 0 Å². The molecule has 1 aliphatic heterocycles. The Bertz CT molecular complexity index is 562. The van der Waals surface area contributed by atoms with Gasteiger partial charge in [-0.1, -0.05) is 12.1 Å². The third-order valence-electron chi connectivity index (χ3n) is 3.20. The first-order valence-electron chi connectivity index (χ1n) is 6.45. The Morgan fingerprint density at radius 2 is 2.00 bits per heavy atom. The minimum atomic E-state index is -3.54. The van der Waals surface area contributed by atoms with Crippen molar-refractivity contribution in [2.75, 3.05) is 12.4 Å². The number of halogens is 1. The molecular weight excluding hydrogens is 300 g/mol. The van der Waals surface area contributed by atoms with Gasteiger partial charge in [0, 0.05) is 24.9 Å². The summed E-state index contributed by atoms with van der Waals surface area (Å²) in [5, 5.41) is 2.65. The summed E-state index contributed by atoms with van der Waals surface area (Å²) in [4.78, 5) is 11.3. The van der Waals surface area contributed by atoms with Crippen molar-refractivity contribution >= 4 is 27.5 Å². The minimum absolute atomic E-state index is 0.0362. The van der Waals surface area contributed by atoms with Gasteiger partial charge in [-0.25, -0.2) is 13.1 Å². The molecule has 1 aliphatic rings. The summed E-state index contributed by atoms with van der Waals surface area (Å²) in [6.45, 7) is 0.336. The fraction of sp³-hybridized carbons (Fsp3) is 0.462. The Morgan fingerprint density at radius 3 is 2.55 bits per heavy atom. The number of rotatable bonds is 5. The van der Waals surface area contributed by atoms with Crippen molar-refractivity contribution in [2.24, 2.45) is 0 Å². The standard InChI is InChI=1S/C13H17ClN2O3S/c14-8-7-10-1-4-12(5-2-10)20(18,19)16-11-3-6-13(17)15-9-11/h1-2,4-5,11,16H,3,6-9H2,(H,15,17). The van der Waals surface area contributed by atoms with Crippen molar-refractivity contribution in [2.45, 2.75) is 30.2 Å². The maximum absolute atomic E-state index is 12.2. The van der Waals surface area contributed by atoms with Crippen LogP contribution in [-0.2, 0) is 21.2 Å². The van der Waals surface area contributed by atoms with Gasteiger partial charge in [0.15, 0.2) is 0 Å². The molecule has 2 N–H and O–H groups in total. The van der Waals surface area contributed by atoms with Gasteiger partial charge in [-0.15, -0.1) is 11.6 Å². The maximum atomic E-state index is 12.2. The fourth-order valence-corrected chi connectivity index (χ4v) is 3.55. The van der Waals surface area contributed by atoms with Gasteiger partial charge in [-0.05, 0) is 30.5 Å². The summed E-state index contributed by atoms with van der Waals surface area (Å²) in [5.41, 5.74) is 1.00. The lowest BCUT2D eigenvalue weighted by Crippen LogP contribution is -2.47. The lowest BCUT2D eigenvalue weighted by molar-refractivity contribution is -0.122. The van der Waals surface area contributed by atoms with E-state index in [9.17, 15) is 13.2 Å². The zero-order valence-corrected chi connectivity index (χ0v) is 12.5. The van der Waals surface area contributed by atoms with Crippen LogP contribution >= 0.6 is 11.6 Å². The van der Waals surface area contributed by atoms with Crippen molar-refractivity contribution in [3.63, 3.8) is 0 Å². The molecule has 1 atom stereocenters. The van der Waals surface area contributed by atoms with E-state index >= 15 is 0 Å². The van der Waals surface area contributed by atoms with Crippen LogP contribution in [0, 0.1) is 0 Å². The monoisotopic (exact) mass is 316 g/mol. The van der Waals surface area contributed by atoms with Crippen LogP contribution in [-0.4, -0.2) is 32.8 Å².